The molecule has 136 valence electrons. The third-order valence-corrected chi connectivity index (χ3v) is 4.79. The van der Waals surface area contributed by atoms with Crippen molar-refractivity contribution >= 4 is 12.2 Å². The lowest BCUT2D eigenvalue weighted by Gasteiger charge is -2.09. The third-order valence-electron chi connectivity index (χ3n) is 4.79. The molecule has 0 saturated heterocycles. The maximum absolute atomic E-state index is 13.2. The Kier molecular flexibility index (Phi) is 5.11. The van der Waals surface area contributed by atoms with Crippen molar-refractivity contribution in [3.63, 3.8) is 0 Å². The number of hydrogen-bond donors (Lipinski definition) is 0. The molecule has 1 aromatic heterocycles. The van der Waals surface area contributed by atoms with Gasteiger partial charge in [0.2, 0.25) is 5.69 Å². The molecule has 3 aromatic carbocycles. The summed E-state index contributed by atoms with van der Waals surface area (Å²) < 4.78 is 15.4. The molecule has 1 nitrogen and oxygen atoms in total. The van der Waals surface area contributed by atoms with E-state index in [0.717, 1.165) is 27.9 Å². The predicted octanol–water partition coefficient (Wildman–Crippen LogP) is 6.15. The van der Waals surface area contributed by atoms with Crippen LogP contribution in [0.3, 0.4) is 0 Å². The van der Waals surface area contributed by atoms with E-state index in [1.807, 2.05) is 30.3 Å². The number of pyridine rings is 1. The minimum atomic E-state index is -0.222. The predicted molar refractivity (Wildman–Crippen MR) is 114 cm³/mol. The van der Waals surface area contributed by atoms with Gasteiger partial charge in [-0.15, -0.1) is 0 Å². The second kappa shape index (κ2) is 8.01. The van der Waals surface area contributed by atoms with Crippen LogP contribution in [0.5, 0.6) is 0 Å². The highest BCUT2D eigenvalue weighted by molar-refractivity contribution is 5.81. The van der Waals surface area contributed by atoms with Crippen molar-refractivity contribution in [3.8, 4) is 22.4 Å². The molecule has 0 bridgehead atoms. The molecule has 0 aliphatic heterocycles. The van der Waals surface area contributed by atoms with Crippen LogP contribution < -0.4 is 4.57 Å². The Bertz CT molecular complexity index is 1100. The van der Waals surface area contributed by atoms with Gasteiger partial charge in [0, 0.05) is 11.6 Å². The Balaban J connectivity index is 1.84. The molecule has 0 amide bonds. The second-order valence-electron chi connectivity index (χ2n) is 6.76. The van der Waals surface area contributed by atoms with Gasteiger partial charge in [-0.05, 0) is 41.0 Å². The summed E-state index contributed by atoms with van der Waals surface area (Å²) in [5, 5.41) is 0. The molecule has 2 heteroatoms. The summed E-state index contributed by atoms with van der Waals surface area (Å²) in [6, 6.07) is 29.5. The van der Waals surface area contributed by atoms with Crippen molar-refractivity contribution in [2.45, 2.75) is 0 Å². The van der Waals surface area contributed by atoms with Gasteiger partial charge in [0.05, 0.1) is 5.56 Å². The molecular formula is C26H21FN+. The highest BCUT2D eigenvalue weighted by atomic mass is 19.1. The van der Waals surface area contributed by atoms with Crippen LogP contribution >= 0.6 is 0 Å². The SMILES string of the molecule is C[n+]1cc(-c2ccccc2)c(/C=C/c2ccc(F)cc2)cc1-c1ccccc1. The molecule has 0 saturated carbocycles. The van der Waals surface area contributed by atoms with Crippen LogP contribution in [0.4, 0.5) is 4.39 Å². The summed E-state index contributed by atoms with van der Waals surface area (Å²) in [7, 11) is 2.07. The summed E-state index contributed by atoms with van der Waals surface area (Å²) in [6.45, 7) is 0. The van der Waals surface area contributed by atoms with Crippen LogP contribution in [0.25, 0.3) is 34.5 Å². The summed E-state index contributed by atoms with van der Waals surface area (Å²) in [5.74, 6) is -0.222. The Morgan fingerprint density at radius 3 is 1.96 bits per heavy atom. The Morgan fingerprint density at radius 2 is 1.32 bits per heavy atom. The Morgan fingerprint density at radius 1 is 0.714 bits per heavy atom. The van der Waals surface area contributed by atoms with Crippen LogP contribution in [0.15, 0.2) is 97.2 Å². The van der Waals surface area contributed by atoms with E-state index in [-0.39, 0.29) is 5.82 Å². The Labute approximate surface area is 165 Å². The molecule has 0 atom stereocenters. The molecule has 0 aliphatic rings. The summed E-state index contributed by atoms with van der Waals surface area (Å²) in [6.07, 6.45) is 6.29. The molecular weight excluding hydrogens is 345 g/mol. The van der Waals surface area contributed by atoms with Crippen LogP contribution in [0.1, 0.15) is 11.1 Å². The number of benzene rings is 3. The standard InChI is InChI=1S/C26H21FN/c1-28-19-25(21-8-4-2-5-9-21)23(15-12-20-13-16-24(27)17-14-20)18-26(28)22-10-6-3-7-11-22/h2-19H,1H3/q+1/b15-12+. The van der Waals surface area contributed by atoms with Gasteiger partial charge in [0.25, 0.3) is 0 Å². The average Bonchev–Trinajstić information content (AvgIpc) is 2.75. The summed E-state index contributed by atoms with van der Waals surface area (Å²) in [5.41, 5.74) is 6.71. The fourth-order valence-corrected chi connectivity index (χ4v) is 3.32. The maximum Gasteiger partial charge on any atom is 0.212 e. The largest absolute Gasteiger partial charge is 0.212 e. The first-order valence-electron chi connectivity index (χ1n) is 9.29. The lowest BCUT2D eigenvalue weighted by molar-refractivity contribution is -0.659. The zero-order valence-electron chi connectivity index (χ0n) is 15.7. The summed E-state index contributed by atoms with van der Waals surface area (Å²) >= 11 is 0. The number of rotatable bonds is 4. The van der Waals surface area contributed by atoms with Gasteiger partial charge in [0.15, 0.2) is 6.20 Å². The van der Waals surface area contributed by atoms with E-state index >= 15 is 0 Å². The molecule has 0 fully saturated rings. The minimum Gasteiger partial charge on any atom is -0.207 e. The lowest BCUT2D eigenvalue weighted by atomic mass is 9.98. The fraction of sp³-hybridized carbons (Fsp3) is 0.0385. The average molecular weight is 366 g/mol. The topological polar surface area (TPSA) is 3.88 Å². The van der Waals surface area contributed by atoms with Crippen molar-refractivity contribution < 1.29 is 8.96 Å². The van der Waals surface area contributed by atoms with Crippen molar-refractivity contribution in [1.82, 2.24) is 0 Å². The van der Waals surface area contributed by atoms with Crippen LogP contribution in [0, 0.1) is 5.82 Å². The van der Waals surface area contributed by atoms with Crippen molar-refractivity contribution in [1.29, 1.82) is 0 Å². The highest BCUT2D eigenvalue weighted by Gasteiger charge is 2.15. The fourth-order valence-electron chi connectivity index (χ4n) is 3.32. The molecule has 28 heavy (non-hydrogen) atoms. The lowest BCUT2D eigenvalue weighted by Crippen LogP contribution is -2.31. The number of nitrogens with zero attached hydrogens (tertiary/aromatic N) is 1. The smallest absolute Gasteiger partial charge is 0.207 e. The van der Waals surface area contributed by atoms with Crippen LogP contribution in [-0.4, -0.2) is 0 Å². The van der Waals surface area contributed by atoms with Gasteiger partial charge >= 0.3 is 0 Å². The first kappa shape index (κ1) is 17.9. The molecule has 0 N–H and O–H groups in total. The van der Waals surface area contributed by atoms with Gasteiger partial charge in [-0.2, -0.15) is 0 Å². The Hall–Kier alpha value is -3.52. The van der Waals surface area contributed by atoms with E-state index in [2.05, 4.69) is 66.4 Å². The van der Waals surface area contributed by atoms with Crippen molar-refractivity contribution in [2.24, 2.45) is 7.05 Å². The monoisotopic (exact) mass is 366 g/mol. The molecule has 1 heterocycles. The summed E-state index contributed by atoms with van der Waals surface area (Å²) in [4.78, 5) is 0. The van der Waals surface area contributed by atoms with E-state index < -0.39 is 0 Å². The van der Waals surface area contributed by atoms with Crippen molar-refractivity contribution in [3.05, 3.63) is 114 Å². The minimum absolute atomic E-state index is 0.222. The van der Waals surface area contributed by atoms with E-state index in [1.165, 1.54) is 17.7 Å². The molecule has 0 spiro atoms. The first-order chi connectivity index (χ1) is 13.7. The zero-order chi connectivity index (χ0) is 19.3. The van der Waals surface area contributed by atoms with E-state index in [9.17, 15) is 4.39 Å². The first-order valence-corrected chi connectivity index (χ1v) is 9.29. The number of hydrogen-bond acceptors (Lipinski definition) is 0. The quantitative estimate of drug-likeness (QED) is 0.381. The zero-order valence-corrected chi connectivity index (χ0v) is 15.7. The van der Waals surface area contributed by atoms with E-state index in [4.69, 9.17) is 0 Å². The van der Waals surface area contributed by atoms with Gasteiger partial charge in [0.1, 0.15) is 12.9 Å². The van der Waals surface area contributed by atoms with Gasteiger partial charge in [-0.3, -0.25) is 0 Å². The maximum atomic E-state index is 13.2. The number of aryl methyl sites for hydroxylation is 1. The molecule has 0 radical (unpaired) electrons. The van der Waals surface area contributed by atoms with E-state index in [1.54, 1.807) is 12.1 Å². The second-order valence-corrected chi connectivity index (χ2v) is 6.76. The molecule has 0 aliphatic carbocycles. The molecule has 4 aromatic rings. The van der Waals surface area contributed by atoms with Gasteiger partial charge in [-0.25, -0.2) is 8.96 Å². The van der Waals surface area contributed by atoms with Crippen molar-refractivity contribution in [2.75, 3.05) is 0 Å². The molecule has 4 rings (SSSR count). The third kappa shape index (κ3) is 3.91. The van der Waals surface area contributed by atoms with E-state index in [0.29, 0.717) is 0 Å². The van der Waals surface area contributed by atoms with Crippen LogP contribution in [0.2, 0.25) is 0 Å². The highest BCUT2D eigenvalue weighted by Crippen LogP contribution is 2.27. The van der Waals surface area contributed by atoms with Crippen LogP contribution in [-0.2, 0) is 7.05 Å². The number of aromatic nitrogens is 1. The van der Waals surface area contributed by atoms with Gasteiger partial charge in [-0.1, -0.05) is 72.8 Å². The molecule has 0 unspecified atom stereocenters. The number of halogens is 1. The normalized spacial score (nSPS) is 11.1. The van der Waals surface area contributed by atoms with Gasteiger partial charge < -0.3 is 0 Å².